The van der Waals surface area contributed by atoms with E-state index in [-0.39, 0.29) is 6.71 Å². The highest BCUT2D eigenvalue weighted by Gasteiger charge is 2.40. The van der Waals surface area contributed by atoms with Crippen molar-refractivity contribution in [2.45, 2.75) is 6.42 Å². The van der Waals surface area contributed by atoms with Crippen molar-refractivity contribution in [2.24, 2.45) is 0 Å². The number of benzene rings is 7. The minimum atomic E-state index is 0.181. The van der Waals surface area contributed by atoms with E-state index < -0.39 is 0 Å². The highest BCUT2D eigenvalue weighted by atomic mass is 15.2. The first-order valence-electron chi connectivity index (χ1n) is 16.8. The second-order valence-corrected chi connectivity index (χ2v) is 12.9. The standard InChI is InChI=1S/C45H31BN2/c1-4-16-31(17-5-1)43-37-23-11-14-26-40(37)48(45(43)32-18-6-2-7-19-32)36-29-34-28-33-20-10-12-24-38(33)46-39-25-13-15-27-41(39)47(42(30-36)44(34)46)35-21-8-3-9-22-35/h1-27,29-30H,28H2. The van der Waals surface area contributed by atoms with Crippen molar-refractivity contribution < 1.29 is 0 Å². The number of rotatable bonds is 4. The molecule has 3 heterocycles. The van der Waals surface area contributed by atoms with Crippen LogP contribution in [0.25, 0.3) is 39.0 Å². The Labute approximate surface area is 281 Å². The summed E-state index contributed by atoms with van der Waals surface area (Å²) in [5, 5.41) is 1.25. The zero-order chi connectivity index (χ0) is 31.6. The Balaban J connectivity index is 1.33. The molecule has 0 N–H and O–H groups in total. The maximum Gasteiger partial charge on any atom is 0.247 e. The van der Waals surface area contributed by atoms with Gasteiger partial charge in [0.05, 0.1) is 11.2 Å². The summed E-state index contributed by atoms with van der Waals surface area (Å²) >= 11 is 0. The van der Waals surface area contributed by atoms with Gasteiger partial charge in [0.25, 0.3) is 0 Å². The van der Waals surface area contributed by atoms with Gasteiger partial charge in [-0.05, 0) is 76.0 Å². The summed E-state index contributed by atoms with van der Waals surface area (Å²) in [5.41, 5.74) is 17.9. The molecule has 0 radical (unpaired) electrons. The molecule has 224 valence electrons. The molecule has 0 spiro atoms. The summed E-state index contributed by atoms with van der Waals surface area (Å²) in [6.45, 7) is 0.181. The Hall–Kier alpha value is -6.06. The number of para-hydroxylation sites is 3. The monoisotopic (exact) mass is 610 g/mol. The molecule has 0 fully saturated rings. The first-order chi connectivity index (χ1) is 23.8. The van der Waals surface area contributed by atoms with Crippen LogP contribution in [0.5, 0.6) is 0 Å². The van der Waals surface area contributed by atoms with Gasteiger partial charge < -0.3 is 9.47 Å². The fraction of sp³-hybridized carbons (Fsp3) is 0.0222. The number of fused-ring (bicyclic) bond motifs is 5. The molecule has 0 bridgehead atoms. The van der Waals surface area contributed by atoms with E-state index >= 15 is 0 Å². The molecule has 1 aromatic heterocycles. The quantitative estimate of drug-likeness (QED) is 0.181. The van der Waals surface area contributed by atoms with E-state index in [4.69, 9.17) is 0 Å². The minimum absolute atomic E-state index is 0.181. The highest BCUT2D eigenvalue weighted by molar-refractivity contribution is 6.98. The van der Waals surface area contributed by atoms with Gasteiger partial charge >= 0.3 is 0 Å². The lowest BCUT2D eigenvalue weighted by Crippen LogP contribution is -2.61. The average Bonchev–Trinajstić information content (AvgIpc) is 3.51. The molecular weight excluding hydrogens is 579 g/mol. The molecule has 3 heteroatoms. The maximum absolute atomic E-state index is 2.52. The van der Waals surface area contributed by atoms with E-state index in [2.05, 4.69) is 185 Å². The molecule has 0 saturated heterocycles. The van der Waals surface area contributed by atoms with Gasteiger partial charge in [0.2, 0.25) is 6.71 Å². The summed E-state index contributed by atoms with van der Waals surface area (Å²) in [4.78, 5) is 2.49. The molecule has 0 saturated carbocycles. The predicted octanol–water partition coefficient (Wildman–Crippen LogP) is 9.17. The summed E-state index contributed by atoms with van der Waals surface area (Å²) in [7, 11) is 0. The van der Waals surface area contributed by atoms with Crippen LogP contribution >= 0.6 is 0 Å². The van der Waals surface area contributed by atoms with E-state index in [1.54, 1.807) is 0 Å². The van der Waals surface area contributed by atoms with Crippen LogP contribution in [-0.2, 0) is 6.42 Å². The molecule has 8 aromatic rings. The summed E-state index contributed by atoms with van der Waals surface area (Å²) in [6.07, 6.45) is 0.902. The third-order valence-corrected chi connectivity index (χ3v) is 10.3. The van der Waals surface area contributed by atoms with E-state index in [0.29, 0.717) is 0 Å². The van der Waals surface area contributed by atoms with Crippen LogP contribution in [0, 0.1) is 0 Å². The lowest BCUT2D eigenvalue weighted by molar-refractivity contribution is 1.10. The fourth-order valence-electron chi connectivity index (χ4n) is 8.33. The van der Waals surface area contributed by atoms with E-state index in [0.717, 1.165) is 6.42 Å². The largest absolute Gasteiger partial charge is 0.311 e. The summed E-state index contributed by atoms with van der Waals surface area (Å²) in [6, 6.07) is 64.5. The van der Waals surface area contributed by atoms with Crippen molar-refractivity contribution in [1.82, 2.24) is 4.57 Å². The summed E-state index contributed by atoms with van der Waals surface area (Å²) in [5.74, 6) is 0. The average molecular weight is 611 g/mol. The molecule has 0 aliphatic carbocycles. The van der Waals surface area contributed by atoms with Gasteiger partial charge in [0.1, 0.15) is 0 Å². The van der Waals surface area contributed by atoms with Crippen molar-refractivity contribution >= 4 is 51.1 Å². The van der Waals surface area contributed by atoms with Gasteiger partial charge in [0, 0.05) is 33.7 Å². The van der Waals surface area contributed by atoms with Crippen LogP contribution in [0.3, 0.4) is 0 Å². The molecule has 2 aliphatic rings. The molecule has 2 aliphatic heterocycles. The first-order valence-corrected chi connectivity index (χ1v) is 16.8. The molecule has 10 rings (SSSR count). The Bertz CT molecular complexity index is 2480. The van der Waals surface area contributed by atoms with Gasteiger partial charge in [-0.25, -0.2) is 0 Å². The SMILES string of the molecule is c1ccc(-c2c(-c3ccccc3)n(-c3cc4c5c(c3)N(c3ccccc3)c3ccccc3B5c3ccccc3C4)c3ccccc23)cc1. The molecular formula is C45H31BN2. The number of nitrogens with zero attached hydrogens (tertiary/aromatic N) is 2. The van der Waals surface area contributed by atoms with Crippen molar-refractivity contribution in [3.05, 3.63) is 187 Å². The van der Waals surface area contributed by atoms with Crippen LogP contribution in [0.4, 0.5) is 17.1 Å². The van der Waals surface area contributed by atoms with Gasteiger partial charge in [-0.1, -0.05) is 145 Å². The van der Waals surface area contributed by atoms with Gasteiger partial charge in [-0.2, -0.15) is 0 Å². The maximum atomic E-state index is 2.52. The van der Waals surface area contributed by atoms with E-state index in [1.807, 2.05) is 0 Å². The van der Waals surface area contributed by atoms with Crippen LogP contribution < -0.4 is 21.3 Å². The second kappa shape index (κ2) is 10.8. The van der Waals surface area contributed by atoms with Crippen LogP contribution in [0.2, 0.25) is 0 Å². The van der Waals surface area contributed by atoms with Gasteiger partial charge in [-0.3, -0.25) is 0 Å². The third kappa shape index (κ3) is 4.01. The molecule has 0 amide bonds. The van der Waals surface area contributed by atoms with Crippen LogP contribution in [-0.4, -0.2) is 11.3 Å². The zero-order valence-corrected chi connectivity index (χ0v) is 26.4. The molecule has 0 unspecified atom stereocenters. The van der Waals surface area contributed by atoms with E-state index in [1.165, 1.54) is 83.6 Å². The van der Waals surface area contributed by atoms with Crippen LogP contribution in [0.1, 0.15) is 11.1 Å². The second-order valence-electron chi connectivity index (χ2n) is 12.9. The lowest BCUT2D eigenvalue weighted by Gasteiger charge is -2.41. The predicted molar refractivity (Wildman–Crippen MR) is 203 cm³/mol. The highest BCUT2D eigenvalue weighted by Crippen LogP contribution is 2.45. The van der Waals surface area contributed by atoms with Crippen LogP contribution in [0.15, 0.2) is 176 Å². The van der Waals surface area contributed by atoms with Crippen molar-refractivity contribution in [3.63, 3.8) is 0 Å². The Kier molecular flexibility index (Phi) is 6.07. The number of aromatic nitrogens is 1. The van der Waals surface area contributed by atoms with Crippen molar-refractivity contribution in [2.75, 3.05) is 4.90 Å². The first kappa shape index (κ1) is 27.1. The lowest BCUT2D eigenvalue weighted by atomic mass is 9.32. The Morgan fingerprint density at radius 1 is 0.458 bits per heavy atom. The van der Waals surface area contributed by atoms with Crippen molar-refractivity contribution in [3.8, 4) is 28.1 Å². The van der Waals surface area contributed by atoms with E-state index in [9.17, 15) is 0 Å². The number of anilines is 3. The Morgan fingerprint density at radius 3 is 1.88 bits per heavy atom. The molecule has 0 atom stereocenters. The zero-order valence-electron chi connectivity index (χ0n) is 26.4. The molecule has 48 heavy (non-hydrogen) atoms. The topological polar surface area (TPSA) is 8.17 Å². The molecule has 2 nitrogen and oxygen atoms in total. The normalized spacial score (nSPS) is 12.8. The van der Waals surface area contributed by atoms with Crippen molar-refractivity contribution in [1.29, 1.82) is 0 Å². The minimum Gasteiger partial charge on any atom is -0.311 e. The Morgan fingerprint density at radius 2 is 1.08 bits per heavy atom. The van der Waals surface area contributed by atoms with Gasteiger partial charge in [-0.15, -0.1) is 0 Å². The summed E-state index contributed by atoms with van der Waals surface area (Å²) < 4.78 is 2.52. The number of hydrogen-bond donors (Lipinski definition) is 0. The van der Waals surface area contributed by atoms with Gasteiger partial charge in [0.15, 0.2) is 0 Å². The fourth-order valence-corrected chi connectivity index (χ4v) is 8.33. The smallest absolute Gasteiger partial charge is 0.247 e. The third-order valence-electron chi connectivity index (χ3n) is 10.3. The number of hydrogen-bond acceptors (Lipinski definition) is 1. The molecule has 7 aromatic carbocycles.